The minimum absolute atomic E-state index is 0.151. The third-order valence-corrected chi connectivity index (χ3v) is 5.87. The molecule has 1 aromatic heterocycles. The van der Waals surface area contributed by atoms with Crippen molar-refractivity contribution in [3.05, 3.63) is 29.3 Å². The molecule has 5 nitrogen and oxygen atoms in total. The molecule has 2 aromatic rings. The maximum Gasteiger partial charge on any atom is 0.225 e. The van der Waals surface area contributed by atoms with Gasteiger partial charge in [0.1, 0.15) is 5.01 Å². The summed E-state index contributed by atoms with van der Waals surface area (Å²) < 4.78 is 6.83. The fourth-order valence-corrected chi connectivity index (χ4v) is 4.47. The molecule has 0 saturated carbocycles. The van der Waals surface area contributed by atoms with Gasteiger partial charge in [-0.05, 0) is 25.0 Å². The van der Waals surface area contributed by atoms with Gasteiger partial charge < -0.3 is 9.64 Å². The van der Waals surface area contributed by atoms with Gasteiger partial charge in [-0.2, -0.15) is 0 Å². The molecular formula is C18H23N3O2S. The molecule has 3 heterocycles. The molecule has 0 N–H and O–H groups in total. The van der Waals surface area contributed by atoms with Gasteiger partial charge in [0.15, 0.2) is 0 Å². The Morgan fingerprint density at radius 2 is 2.08 bits per heavy atom. The quantitative estimate of drug-likeness (QED) is 0.854. The van der Waals surface area contributed by atoms with E-state index in [-0.39, 0.29) is 12.0 Å². The lowest BCUT2D eigenvalue weighted by Crippen LogP contribution is -2.48. The van der Waals surface area contributed by atoms with Crippen molar-refractivity contribution in [3.8, 4) is 0 Å². The van der Waals surface area contributed by atoms with Gasteiger partial charge in [-0.3, -0.25) is 9.69 Å². The van der Waals surface area contributed by atoms with E-state index in [0.29, 0.717) is 6.42 Å². The van der Waals surface area contributed by atoms with Crippen molar-refractivity contribution in [2.24, 2.45) is 0 Å². The van der Waals surface area contributed by atoms with Gasteiger partial charge in [0, 0.05) is 32.8 Å². The number of thiazole rings is 1. The number of para-hydroxylation sites is 1. The van der Waals surface area contributed by atoms with Crippen molar-refractivity contribution < 1.29 is 9.53 Å². The number of carbonyl (C=O) groups excluding carboxylic acids is 1. The summed E-state index contributed by atoms with van der Waals surface area (Å²) in [6, 6.07) is 8.28. The number of benzene rings is 1. The summed E-state index contributed by atoms with van der Waals surface area (Å²) in [4.78, 5) is 21.5. The molecule has 1 atom stereocenters. The molecule has 0 unspecified atom stereocenters. The average Bonchev–Trinajstić information content (AvgIpc) is 3.24. The van der Waals surface area contributed by atoms with Crippen molar-refractivity contribution in [1.29, 1.82) is 0 Å². The molecule has 4 rings (SSSR count). The monoisotopic (exact) mass is 345 g/mol. The minimum Gasteiger partial charge on any atom is -0.378 e. The summed E-state index contributed by atoms with van der Waals surface area (Å²) in [5.74, 6) is 0.251. The molecule has 2 saturated heterocycles. The fraction of sp³-hybridized carbons (Fsp3) is 0.556. The van der Waals surface area contributed by atoms with Crippen LogP contribution in [0.25, 0.3) is 10.2 Å². The number of fused-ring (bicyclic) bond motifs is 1. The van der Waals surface area contributed by atoms with Gasteiger partial charge in [-0.15, -0.1) is 11.3 Å². The molecule has 128 valence electrons. The first-order valence-electron chi connectivity index (χ1n) is 8.74. The molecule has 6 heteroatoms. The van der Waals surface area contributed by atoms with Gasteiger partial charge >= 0.3 is 0 Å². The summed E-state index contributed by atoms with van der Waals surface area (Å²) in [7, 11) is 0. The van der Waals surface area contributed by atoms with Gasteiger partial charge in [0.25, 0.3) is 0 Å². The van der Waals surface area contributed by atoms with E-state index in [0.717, 1.165) is 62.7 Å². The molecule has 0 bridgehead atoms. The highest BCUT2D eigenvalue weighted by Crippen LogP contribution is 2.23. The average molecular weight is 345 g/mol. The second-order valence-corrected chi connectivity index (χ2v) is 7.69. The largest absolute Gasteiger partial charge is 0.378 e. The van der Waals surface area contributed by atoms with Crippen molar-refractivity contribution in [2.45, 2.75) is 31.9 Å². The van der Waals surface area contributed by atoms with Gasteiger partial charge in [-0.25, -0.2) is 4.98 Å². The number of amides is 1. The number of piperazine rings is 1. The number of ether oxygens (including phenoxy) is 1. The highest BCUT2D eigenvalue weighted by molar-refractivity contribution is 7.18. The Morgan fingerprint density at radius 3 is 2.83 bits per heavy atom. The summed E-state index contributed by atoms with van der Waals surface area (Å²) in [6.45, 7) is 5.17. The van der Waals surface area contributed by atoms with Crippen LogP contribution in [0.4, 0.5) is 0 Å². The number of aromatic nitrogens is 1. The third-order valence-electron chi connectivity index (χ3n) is 4.85. The van der Waals surface area contributed by atoms with Crippen molar-refractivity contribution >= 4 is 27.5 Å². The van der Waals surface area contributed by atoms with Crippen LogP contribution in [0.3, 0.4) is 0 Å². The van der Waals surface area contributed by atoms with Crippen LogP contribution < -0.4 is 0 Å². The highest BCUT2D eigenvalue weighted by Gasteiger charge is 2.25. The highest BCUT2D eigenvalue weighted by atomic mass is 32.1. The topological polar surface area (TPSA) is 45.7 Å². The van der Waals surface area contributed by atoms with Gasteiger partial charge in [-0.1, -0.05) is 12.1 Å². The second kappa shape index (κ2) is 7.17. The summed E-state index contributed by atoms with van der Waals surface area (Å²) in [5, 5.41) is 1.16. The molecule has 1 aromatic carbocycles. The molecule has 2 aliphatic rings. The molecule has 1 amide bonds. The summed E-state index contributed by atoms with van der Waals surface area (Å²) >= 11 is 1.77. The molecule has 2 aliphatic heterocycles. The Labute approximate surface area is 146 Å². The van der Waals surface area contributed by atoms with E-state index in [2.05, 4.69) is 23.1 Å². The van der Waals surface area contributed by atoms with Crippen molar-refractivity contribution in [3.63, 3.8) is 0 Å². The number of rotatable bonds is 4. The zero-order valence-corrected chi connectivity index (χ0v) is 14.6. The normalized spacial score (nSPS) is 22.3. The Hall–Kier alpha value is -1.50. The maximum atomic E-state index is 12.4. The molecule has 24 heavy (non-hydrogen) atoms. The van der Waals surface area contributed by atoms with Crippen LogP contribution in [-0.2, 0) is 16.1 Å². The lowest BCUT2D eigenvalue weighted by Gasteiger charge is -2.34. The first-order valence-corrected chi connectivity index (χ1v) is 9.56. The predicted octanol–water partition coefficient (Wildman–Crippen LogP) is 2.51. The Bertz CT molecular complexity index is 670. The van der Waals surface area contributed by atoms with E-state index < -0.39 is 0 Å². The van der Waals surface area contributed by atoms with Crippen molar-refractivity contribution in [1.82, 2.24) is 14.8 Å². The van der Waals surface area contributed by atoms with E-state index in [4.69, 9.17) is 9.72 Å². The SMILES string of the molecule is O=C(C[C@@H]1CCCO1)N1CCN(Cc2nc3ccccc3s2)CC1. The summed E-state index contributed by atoms with van der Waals surface area (Å²) in [5.41, 5.74) is 1.09. The smallest absolute Gasteiger partial charge is 0.225 e. The van der Waals surface area contributed by atoms with Crippen LogP contribution in [0.15, 0.2) is 24.3 Å². The zero-order chi connectivity index (χ0) is 16.4. The van der Waals surface area contributed by atoms with E-state index >= 15 is 0 Å². The molecule has 0 spiro atoms. The lowest BCUT2D eigenvalue weighted by atomic mass is 10.1. The van der Waals surface area contributed by atoms with Crippen LogP contribution in [-0.4, -0.2) is 59.6 Å². The van der Waals surface area contributed by atoms with E-state index in [1.165, 1.54) is 4.70 Å². The van der Waals surface area contributed by atoms with Crippen LogP contribution in [0.5, 0.6) is 0 Å². The molecule has 2 fully saturated rings. The van der Waals surface area contributed by atoms with Crippen LogP contribution in [0.2, 0.25) is 0 Å². The molecule has 0 aliphatic carbocycles. The third kappa shape index (κ3) is 3.61. The second-order valence-electron chi connectivity index (χ2n) is 6.57. The molecular weight excluding hydrogens is 322 g/mol. The Morgan fingerprint density at radius 1 is 1.25 bits per heavy atom. The van der Waals surface area contributed by atoms with E-state index in [1.54, 1.807) is 11.3 Å². The number of carbonyl (C=O) groups is 1. The lowest BCUT2D eigenvalue weighted by molar-refractivity contribution is -0.135. The van der Waals surface area contributed by atoms with E-state index in [1.807, 2.05) is 11.0 Å². The van der Waals surface area contributed by atoms with Crippen LogP contribution in [0, 0.1) is 0 Å². The predicted molar refractivity (Wildman–Crippen MR) is 95.1 cm³/mol. The maximum absolute atomic E-state index is 12.4. The van der Waals surface area contributed by atoms with E-state index in [9.17, 15) is 4.79 Å². The number of nitrogens with zero attached hydrogens (tertiary/aromatic N) is 3. The standard InChI is InChI=1S/C18H23N3O2S/c22-18(12-14-4-3-11-23-14)21-9-7-20(8-10-21)13-17-19-15-5-1-2-6-16(15)24-17/h1-2,5-6,14H,3-4,7-13H2/t14-/m0/s1. The Balaban J connectivity index is 1.28. The first kappa shape index (κ1) is 16.0. The van der Waals surface area contributed by atoms with Crippen LogP contribution in [0.1, 0.15) is 24.3 Å². The number of hydrogen-bond acceptors (Lipinski definition) is 5. The van der Waals surface area contributed by atoms with Crippen LogP contribution >= 0.6 is 11.3 Å². The molecule has 0 radical (unpaired) electrons. The first-order chi connectivity index (χ1) is 11.8. The van der Waals surface area contributed by atoms with Gasteiger partial charge in [0.2, 0.25) is 5.91 Å². The van der Waals surface area contributed by atoms with Gasteiger partial charge in [0.05, 0.1) is 29.3 Å². The summed E-state index contributed by atoms with van der Waals surface area (Å²) in [6.07, 6.45) is 2.83. The van der Waals surface area contributed by atoms with Crippen molar-refractivity contribution in [2.75, 3.05) is 32.8 Å². The number of hydrogen-bond donors (Lipinski definition) is 0. The zero-order valence-electron chi connectivity index (χ0n) is 13.8. The minimum atomic E-state index is 0.151. The fourth-order valence-electron chi connectivity index (χ4n) is 3.46. The Kier molecular flexibility index (Phi) is 4.78.